The van der Waals surface area contributed by atoms with E-state index in [0.717, 1.165) is 21.9 Å². The Morgan fingerprint density at radius 3 is 2.29 bits per heavy atom. The fraction of sp³-hybridized carbons (Fsp3) is 0.294. The molecule has 260 valence electrons. The van der Waals surface area contributed by atoms with E-state index in [1.165, 1.54) is 6.07 Å². The third-order valence-corrected chi connectivity index (χ3v) is 10.3. The minimum absolute atomic E-state index is 0.0522. The van der Waals surface area contributed by atoms with Crippen LogP contribution in [0, 0.1) is 0 Å². The summed E-state index contributed by atoms with van der Waals surface area (Å²) in [6, 6.07) is 19.2. The number of carbonyl (C=O) groups is 3. The van der Waals surface area contributed by atoms with Crippen LogP contribution in [0.5, 0.6) is 0 Å². The van der Waals surface area contributed by atoms with Crippen molar-refractivity contribution in [2.45, 2.75) is 68.4 Å². The molecule has 4 aromatic rings. The summed E-state index contributed by atoms with van der Waals surface area (Å²) in [6.07, 6.45) is -1.78. The maximum atomic E-state index is 13.8. The number of fused-ring (bicyclic) bond motifs is 10. The molecule has 1 atom stereocenters. The predicted octanol–water partition coefficient (Wildman–Crippen LogP) is 5.77. The maximum Gasteiger partial charge on any atom is 0.490 e. The summed E-state index contributed by atoms with van der Waals surface area (Å²) in [4.78, 5) is 39.6. The van der Waals surface area contributed by atoms with Crippen LogP contribution in [0.4, 0.5) is 30.4 Å². The minimum Gasteiger partial charge on any atom is -0.475 e. The number of anilines is 3. The van der Waals surface area contributed by atoms with E-state index in [-0.39, 0.29) is 23.3 Å². The number of aromatic nitrogens is 1. The highest BCUT2D eigenvalue weighted by atomic mass is 32.2. The average Bonchev–Trinajstić information content (AvgIpc) is 3.02. The molecule has 3 aromatic carbocycles. The van der Waals surface area contributed by atoms with Gasteiger partial charge >= 0.3 is 12.1 Å². The van der Waals surface area contributed by atoms with Crippen LogP contribution in [-0.4, -0.2) is 47.2 Å². The number of benzene rings is 3. The number of alkyl halides is 3. The standard InChI is InChI=1S/C32H35N5O4S.C2HF3O2/c1-32(2,3)42(40,41)27-14-12-24-18-23(27)19-35-31(39)29(21-9-7-20(8-10-21)5-4-6-28(38)36-24)37-25-11-13-26-22(17-25)15-16-34-30(26)33;3-2(4,5)1(6)7/h7-18,29,37H,4-6,19H2,1-3H3,(H2,33,34)(H,35,39)(H,36,38);(H,6,7). The Hall–Kier alpha value is -5.18. The molecule has 1 unspecified atom stereocenters. The summed E-state index contributed by atoms with van der Waals surface area (Å²) in [6.45, 7) is 4.85. The second-order valence-electron chi connectivity index (χ2n) is 12.3. The number of nitrogens with one attached hydrogen (secondary N) is 3. The summed E-state index contributed by atoms with van der Waals surface area (Å²) in [5.74, 6) is -2.82. The first-order valence-corrected chi connectivity index (χ1v) is 16.6. The van der Waals surface area contributed by atoms with E-state index in [9.17, 15) is 31.2 Å². The molecule has 15 heteroatoms. The average molecular weight is 700 g/mol. The van der Waals surface area contributed by atoms with Gasteiger partial charge in [-0.05, 0) is 98.2 Å². The molecule has 2 amide bonds. The second kappa shape index (κ2) is 14.5. The van der Waals surface area contributed by atoms with Gasteiger partial charge in [0.2, 0.25) is 11.8 Å². The van der Waals surface area contributed by atoms with Crippen molar-refractivity contribution in [1.82, 2.24) is 10.3 Å². The maximum absolute atomic E-state index is 13.8. The predicted molar refractivity (Wildman–Crippen MR) is 179 cm³/mol. The highest BCUT2D eigenvalue weighted by Gasteiger charge is 2.38. The number of nitrogen functional groups attached to an aromatic ring is 1. The fourth-order valence-electron chi connectivity index (χ4n) is 4.98. The van der Waals surface area contributed by atoms with E-state index < -0.39 is 32.8 Å². The first kappa shape index (κ1) is 36.7. The second-order valence-corrected chi connectivity index (χ2v) is 15.0. The number of amides is 2. The van der Waals surface area contributed by atoms with E-state index in [1.807, 2.05) is 48.5 Å². The Morgan fingerprint density at radius 2 is 1.65 bits per heavy atom. The molecule has 11 nitrogen and oxygen atoms in total. The van der Waals surface area contributed by atoms with E-state index in [2.05, 4.69) is 20.9 Å². The van der Waals surface area contributed by atoms with Crippen LogP contribution in [-0.2, 0) is 37.2 Å². The van der Waals surface area contributed by atoms with Gasteiger partial charge in [0.05, 0.1) is 9.64 Å². The number of carboxylic acids is 1. The third-order valence-electron chi connectivity index (χ3n) is 7.69. The number of carbonyl (C=O) groups excluding carboxylic acids is 2. The SMILES string of the molecule is CC(C)(C)S(=O)(=O)c1ccc2cc1CNC(=O)C(Nc1ccc3c(N)nccc3c1)c1ccc(cc1)CCCC(=O)N2.O=C(O)C(F)(F)F. The third kappa shape index (κ3) is 9.04. The van der Waals surface area contributed by atoms with E-state index in [1.54, 1.807) is 39.1 Å². The molecule has 0 saturated carbocycles. The number of hydrogen-bond acceptors (Lipinski definition) is 8. The van der Waals surface area contributed by atoms with Crippen molar-refractivity contribution in [3.63, 3.8) is 0 Å². The number of aryl methyl sites for hydroxylation is 1. The Kier molecular flexibility index (Phi) is 10.9. The molecule has 0 fully saturated rings. The number of carboxylic acid groups (broad SMARTS) is 1. The van der Waals surface area contributed by atoms with E-state index in [4.69, 9.17) is 15.6 Å². The molecule has 6 N–H and O–H groups in total. The summed E-state index contributed by atoms with van der Waals surface area (Å²) in [5.41, 5.74) is 9.41. The lowest BCUT2D eigenvalue weighted by molar-refractivity contribution is -0.192. The van der Waals surface area contributed by atoms with Crippen LogP contribution in [0.2, 0.25) is 0 Å². The Labute approximate surface area is 281 Å². The number of hydrogen-bond donors (Lipinski definition) is 5. The lowest BCUT2D eigenvalue weighted by atomic mass is 10.0. The van der Waals surface area contributed by atoms with Gasteiger partial charge in [-0.25, -0.2) is 18.2 Å². The van der Waals surface area contributed by atoms with Gasteiger partial charge in [0.1, 0.15) is 11.9 Å². The molecule has 0 aliphatic carbocycles. The molecule has 2 aliphatic rings. The molecular formula is C34H36F3N5O6S. The van der Waals surface area contributed by atoms with Crippen LogP contribution in [0.25, 0.3) is 10.8 Å². The lowest BCUT2D eigenvalue weighted by Gasteiger charge is -2.24. The van der Waals surface area contributed by atoms with Gasteiger partial charge in [0.15, 0.2) is 9.84 Å². The molecule has 49 heavy (non-hydrogen) atoms. The number of aliphatic carboxylic acids is 1. The van der Waals surface area contributed by atoms with Gasteiger partial charge in [-0.3, -0.25) is 9.59 Å². The largest absolute Gasteiger partial charge is 0.490 e. The van der Waals surface area contributed by atoms with Crippen molar-refractivity contribution in [3.05, 3.63) is 89.6 Å². The Morgan fingerprint density at radius 1 is 0.980 bits per heavy atom. The normalized spacial score (nSPS) is 15.8. The van der Waals surface area contributed by atoms with Crippen LogP contribution in [0.3, 0.4) is 0 Å². The number of sulfone groups is 1. The van der Waals surface area contributed by atoms with Crippen molar-refractivity contribution in [3.8, 4) is 0 Å². The molecule has 6 rings (SSSR count). The fourth-order valence-corrected chi connectivity index (χ4v) is 6.37. The van der Waals surface area contributed by atoms with Crippen molar-refractivity contribution in [2.24, 2.45) is 0 Å². The summed E-state index contributed by atoms with van der Waals surface area (Å²) in [7, 11) is -3.74. The van der Waals surface area contributed by atoms with Crippen molar-refractivity contribution in [2.75, 3.05) is 16.4 Å². The lowest BCUT2D eigenvalue weighted by Crippen LogP contribution is -2.34. The van der Waals surface area contributed by atoms with Gasteiger partial charge in [0.25, 0.3) is 0 Å². The molecule has 0 spiro atoms. The zero-order valence-electron chi connectivity index (χ0n) is 26.9. The Balaban J connectivity index is 0.000000698. The molecule has 0 saturated heterocycles. The van der Waals surface area contributed by atoms with Gasteiger partial charge in [-0.15, -0.1) is 0 Å². The summed E-state index contributed by atoms with van der Waals surface area (Å²) < 4.78 is 57.6. The zero-order chi connectivity index (χ0) is 36.1. The molecule has 2 aliphatic heterocycles. The monoisotopic (exact) mass is 699 g/mol. The molecule has 0 radical (unpaired) electrons. The van der Waals surface area contributed by atoms with Gasteiger partial charge < -0.3 is 26.8 Å². The van der Waals surface area contributed by atoms with Crippen molar-refractivity contribution >= 4 is 55.6 Å². The topological polar surface area (TPSA) is 181 Å². The number of nitrogens with two attached hydrogens (primary N) is 1. The number of pyridine rings is 1. The molecular weight excluding hydrogens is 663 g/mol. The quantitative estimate of drug-likeness (QED) is 0.178. The van der Waals surface area contributed by atoms with E-state index in [0.29, 0.717) is 42.0 Å². The summed E-state index contributed by atoms with van der Waals surface area (Å²) >= 11 is 0. The summed E-state index contributed by atoms with van der Waals surface area (Å²) in [5, 5.41) is 18.0. The van der Waals surface area contributed by atoms with E-state index >= 15 is 0 Å². The van der Waals surface area contributed by atoms with Crippen LogP contribution >= 0.6 is 0 Å². The number of rotatable bonds is 3. The first-order valence-electron chi connectivity index (χ1n) is 15.1. The van der Waals surface area contributed by atoms with Crippen molar-refractivity contribution < 1.29 is 41.1 Å². The molecule has 1 aromatic heterocycles. The molecule has 4 bridgehead atoms. The smallest absolute Gasteiger partial charge is 0.475 e. The number of nitrogens with zero attached hydrogens (tertiary/aromatic N) is 1. The highest BCUT2D eigenvalue weighted by Crippen LogP contribution is 2.31. The first-order chi connectivity index (χ1) is 22.9. The van der Waals surface area contributed by atoms with Gasteiger partial charge in [0, 0.05) is 35.9 Å². The zero-order valence-corrected chi connectivity index (χ0v) is 27.7. The van der Waals surface area contributed by atoms with Gasteiger partial charge in [-0.1, -0.05) is 24.3 Å². The van der Waals surface area contributed by atoms with Crippen LogP contribution in [0.1, 0.15) is 56.3 Å². The Bertz CT molecular complexity index is 1980. The van der Waals surface area contributed by atoms with Crippen LogP contribution < -0.4 is 21.7 Å². The number of halogens is 3. The van der Waals surface area contributed by atoms with Crippen LogP contribution in [0.15, 0.2) is 77.8 Å². The van der Waals surface area contributed by atoms with Gasteiger partial charge in [-0.2, -0.15) is 13.2 Å². The van der Waals surface area contributed by atoms with Crippen molar-refractivity contribution in [1.29, 1.82) is 0 Å². The molecule has 3 heterocycles. The highest BCUT2D eigenvalue weighted by molar-refractivity contribution is 7.92. The minimum atomic E-state index is -5.08.